The van der Waals surface area contributed by atoms with Crippen LogP contribution in [0.15, 0.2) is 24.5 Å². The highest BCUT2D eigenvalue weighted by atomic mass is 16.5. The summed E-state index contributed by atoms with van der Waals surface area (Å²) in [6.45, 7) is 4.60. The number of nitrogens with zero attached hydrogens (tertiary/aromatic N) is 4. The lowest BCUT2D eigenvalue weighted by Gasteiger charge is -2.39. The quantitative estimate of drug-likeness (QED) is 0.898. The van der Waals surface area contributed by atoms with Crippen LogP contribution < -0.4 is 15.0 Å². The molecule has 2 saturated heterocycles. The molecule has 0 spiro atoms. The zero-order valence-electron chi connectivity index (χ0n) is 15.1. The molecule has 1 N–H and O–H groups in total. The summed E-state index contributed by atoms with van der Waals surface area (Å²) in [6, 6.07) is 6.40. The van der Waals surface area contributed by atoms with Crippen LogP contribution in [0.2, 0.25) is 0 Å². The van der Waals surface area contributed by atoms with Gasteiger partial charge in [-0.15, -0.1) is 0 Å². The zero-order valence-corrected chi connectivity index (χ0v) is 15.1. The normalized spacial score (nSPS) is 22.1. The van der Waals surface area contributed by atoms with Gasteiger partial charge in [-0.25, -0.2) is 9.97 Å². The molecule has 1 amide bonds. The van der Waals surface area contributed by atoms with Gasteiger partial charge in [0.05, 0.1) is 18.0 Å². The Morgan fingerprint density at radius 3 is 2.81 bits per heavy atom. The number of piperazine rings is 1. The number of rotatable bonds is 3. The summed E-state index contributed by atoms with van der Waals surface area (Å²) in [4.78, 5) is 25.4. The number of anilines is 1. The standard InChI is InChI=1S/C19H25N5O2/c1-26-16-4-2-3-15-18(16)19(22-13-21-15)24-11-9-23(10-12-24)14-5-6-17(25)20-8-7-14/h2-4,13-14H,5-12H2,1H3,(H,20,25). The number of benzene rings is 1. The van der Waals surface area contributed by atoms with Crippen molar-refractivity contribution in [2.45, 2.75) is 25.3 Å². The maximum atomic E-state index is 11.6. The number of carbonyl (C=O) groups is 1. The average molecular weight is 355 g/mol. The SMILES string of the molecule is COc1cccc2ncnc(N3CCN(C4CCNC(=O)CC4)CC3)c12. The van der Waals surface area contributed by atoms with Crippen molar-refractivity contribution in [1.82, 2.24) is 20.2 Å². The second-order valence-corrected chi connectivity index (χ2v) is 6.91. The van der Waals surface area contributed by atoms with Gasteiger partial charge in [-0.3, -0.25) is 9.69 Å². The summed E-state index contributed by atoms with van der Waals surface area (Å²) >= 11 is 0. The van der Waals surface area contributed by atoms with E-state index in [1.807, 2.05) is 18.2 Å². The van der Waals surface area contributed by atoms with Gasteiger partial charge in [-0.1, -0.05) is 6.07 Å². The fourth-order valence-corrected chi connectivity index (χ4v) is 4.04. The van der Waals surface area contributed by atoms with E-state index in [1.165, 1.54) is 0 Å². The first-order chi connectivity index (χ1) is 12.8. The molecule has 2 aromatic rings. The third-order valence-electron chi connectivity index (χ3n) is 5.46. The molecule has 0 bridgehead atoms. The Hall–Kier alpha value is -2.41. The van der Waals surface area contributed by atoms with Crippen LogP contribution in [0.3, 0.4) is 0 Å². The first-order valence-electron chi connectivity index (χ1n) is 9.29. The van der Waals surface area contributed by atoms with E-state index in [2.05, 4.69) is 25.1 Å². The summed E-state index contributed by atoms with van der Waals surface area (Å²) in [7, 11) is 1.69. The number of hydrogen-bond acceptors (Lipinski definition) is 6. The molecule has 1 atom stereocenters. The predicted molar refractivity (Wildman–Crippen MR) is 101 cm³/mol. The number of ether oxygens (including phenoxy) is 1. The van der Waals surface area contributed by atoms with Crippen LogP contribution in [0.4, 0.5) is 5.82 Å². The Labute approximate surface area is 153 Å². The first kappa shape index (κ1) is 17.0. The number of carbonyl (C=O) groups excluding carboxylic acids is 1. The molecule has 138 valence electrons. The summed E-state index contributed by atoms with van der Waals surface area (Å²) in [5.74, 6) is 1.95. The highest BCUT2D eigenvalue weighted by molar-refractivity contribution is 5.94. The van der Waals surface area contributed by atoms with Crippen molar-refractivity contribution in [3.8, 4) is 5.75 Å². The lowest BCUT2D eigenvalue weighted by atomic mass is 10.1. The van der Waals surface area contributed by atoms with Crippen LogP contribution in [-0.4, -0.2) is 66.7 Å². The van der Waals surface area contributed by atoms with E-state index in [1.54, 1.807) is 13.4 Å². The fraction of sp³-hybridized carbons (Fsp3) is 0.526. The molecule has 1 aromatic carbocycles. The lowest BCUT2D eigenvalue weighted by Crippen LogP contribution is -2.50. The van der Waals surface area contributed by atoms with Gasteiger partial charge in [-0.2, -0.15) is 0 Å². The van der Waals surface area contributed by atoms with Crippen molar-refractivity contribution in [1.29, 1.82) is 0 Å². The van der Waals surface area contributed by atoms with Gasteiger partial charge in [-0.05, 0) is 25.0 Å². The number of nitrogens with one attached hydrogen (secondary N) is 1. The molecule has 0 radical (unpaired) electrons. The van der Waals surface area contributed by atoms with Crippen molar-refractivity contribution in [2.24, 2.45) is 0 Å². The van der Waals surface area contributed by atoms with Gasteiger partial charge in [0, 0.05) is 45.2 Å². The van der Waals surface area contributed by atoms with Crippen LogP contribution in [0.1, 0.15) is 19.3 Å². The molecule has 1 aromatic heterocycles. The Morgan fingerprint density at radius 1 is 1.15 bits per heavy atom. The van der Waals surface area contributed by atoms with E-state index in [0.717, 1.165) is 68.0 Å². The highest BCUT2D eigenvalue weighted by Crippen LogP contribution is 2.32. The van der Waals surface area contributed by atoms with Crippen molar-refractivity contribution < 1.29 is 9.53 Å². The molecular formula is C19H25N5O2. The molecule has 4 rings (SSSR count). The van der Waals surface area contributed by atoms with Crippen LogP contribution in [-0.2, 0) is 4.79 Å². The van der Waals surface area contributed by atoms with E-state index in [4.69, 9.17) is 4.74 Å². The summed E-state index contributed by atoms with van der Waals surface area (Å²) in [6.07, 6.45) is 4.26. The summed E-state index contributed by atoms with van der Waals surface area (Å²) in [5, 5.41) is 3.96. The van der Waals surface area contributed by atoms with Crippen LogP contribution in [0.25, 0.3) is 10.9 Å². The lowest BCUT2D eigenvalue weighted by molar-refractivity contribution is -0.120. The van der Waals surface area contributed by atoms with Gasteiger partial charge >= 0.3 is 0 Å². The first-order valence-corrected chi connectivity index (χ1v) is 9.29. The van der Waals surface area contributed by atoms with Crippen LogP contribution >= 0.6 is 0 Å². The fourth-order valence-electron chi connectivity index (χ4n) is 4.04. The number of hydrogen-bond donors (Lipinski definition) is 1. The van der Waals surface area contributed by atoms with Gasteiger partial charge in [0.15, 0.2) is 0 Å². The Balaban J connectivity index is 1.50. The number of fused-ring (bicyclic) bond motifs is 1. The number of methoxy groups -OCH3 is 1. The third kappa shape index (κ3) is 3.31. The minimum atomic E-state index is 0.186. The van der Waals surface area contributed by atoms with Crippen LogP contribution in [0, 0.1) is 0 Å². The van der Waals surface area contributed by atoms with E-state index in [9.17, 15) is 4.79 Å². The van der Waals surface area contributed by atoms with Gasteiger partial charge in [0.25, 0.3) is 0 Å². The van der Waals surface area contributed by atoms with Gasteiger partial charge in [0.2, 0.25) is 5.91 Å². The largest absolute Gasteiger partial charge is 0.496 e. The maximum Gasteiger partial charge on any atom is 0.220 e. The topological polar surface area (TPSA) is 70.6 Å². The van der Waals surface area contributed by atoms with Gasteiger partial charge in [0.1, 0.15) is 17.9 Å². The Morgan fingerprint density at radius 2 is 2.00 bits per heavy atom. The molecule has 7 nitrogen and oxygen atoms in total. The second kappa shape index (κ2) is 7.45. The molecule has 26 heavy (non-hydrogen) atoms. The molecule has 0 aliphatic carbocycles. The van der Waals surface area contributed by atoms with Crippen molar-refractivity contribution >= 4 is 22.6 Å². The number of aromatic nitrogens is 2. The summed E-state index contributed by atoms with van der Waals surface area (Å²) < 4.78 is 5.54. The van der Waals surface area contributed by atoms with Crippen molar-refractivity contribution in [2.75, 3.05) is 44.7 Å². The predicted octanol–water partition coefficient (Wildman–Crippen LogP) is 1.43. The molecule has 7 heteroatoms. The van der Waals surface area contributed by atoms with E-state index >= 15 is 0 Å². The number of amides is 1. The molecule has 2 aliphatic heterocycles. The van der Waals surface area contributed by atoms with E-state index < -0.39 is 0 Å². The Kier molecular flexibility index (Phi) is 4.88. The maximum absolute atomic E-state index is 11.6. The smallest absolute Gasteiger partial charge is 0.220 e. The molecular weight excluding hydrogens is 330 g/mol. The van der Waals surface area contributed by atoms with Crippen LogP contribution in [0.5, 0.6) is 5.75 Å². The molecule has 2 aliphatic rings. The highest BCUT2D eigenvalue weighted by Gasteiger charge is 2.27. The minimum Gasteiger partial charge on any atom is -0.496 e. The van der Waals surface area contributed by atoms with Crippen molar-refractivity contribution in [3.63, 3.8) is 0 Å². The van der Waals surface area contributed by atoms with Gasteiger partial charge < -0.3 is 15.0 Å². The monoisotopic (exact) mass is 355 g/mol. The minimum absolute atomic E-state index is 0.186. The molecule has 0 saturated carbocycles. The van der Waals surface area contributed by atoms with Crippen molar-refractivity contribution in [3.05, 3.63) is 24.5 Å². The molecule has 2 fully saturated rings. The van der Waals surface area contributed by atoms with E-state index in [-0.39, 0.29) is 5.91 Å². The average Bonchev–Trinajstić information content (AvgIpc) is 2.91. The summed E-state index contributed by atoms with van der Waals surface area (Å²) in [5.41, 5.74) is 0.908. The molecule has 1 unspecified atom stereocenters. The third-order valence-corrected chi connectivity index (χ3v) is 5.46. The van der Waals surface area contributed by atoms with E-state index in [0.29, 0.717) is 12.5 Å². The Bertz CT molecular complexity index is 783. The molecule has 3 heterocycles. The zero-order chi connectivity index (χ0) is 17.9. The second-order valence-electron chi connectivity index (χ2n) is 6.91.